The van der Waals surface area contributed by atoms with Crippen molar-refractivity contribution in [2.24, 2.45) is 35.5 Å². The Hall–Kier alpha value is -2.23. The van der Waals surface area contributed by atoms with Gasteiger partial charge < -0.3 is 0 Å². The minimum atomic E-state index is -0.192. The highest BCUT2D eigenvalue weighted by atomic mass is 16.2. The van der Waals surface area contributed by atoms with E-state index in [9.17, 15) is 14.4 Å². The number of allylic oxidation sites excluding steroid dienone is 2. The first-order valence-corrected chi connectivity index (χ1v) is 8.25. The van der Waals surface area contributed by atoms with Gasteiger partial charge in [-0.05, 0) is 49.1 Å². The summed E-state index contributed by atoms with van der Waals surface area (Å²) in [5.74, 6) is 1.06. The Morgan fingerprint density at radius 1 is 1.04 bits per heavy atom. The van der Waals surface area contributed by atoms with Crippen molar-refractivity contribution in [1.82, 2.24) is 0 Å². The fourth-order valence-corrected chi connectivity index (χ4v) is 5.08. The molecule has 1 aromatic rings. The molecule has 116 valence electrons. The van der Waals surface area contributed by atoms with Crippen molar-refractivity contribution in [3.63, 3.8) is 0 Å². The summed E-state index contributed by atoms with van der Waals surface area (Å²) in [6.45, 7) is 1.49. The van der Waals surface area contributed by atoms with E-state index in [1.54, 1.807) is 24.3 Å². The van der Waals surface area contributed by atoms with Crippen molar-refractivity contribution >= 4 is 23.3 Å². The van der Waals surface area contributed by atoms with E-state index in [0.717, 1.165) is 6.42 Å². The first-order chi connectivity index (χ1) is 11.1. The van der Waals surface area contributed by atoms with Gasteiger partial charge in [0.05, 0.1) is 17.5 Å². The highest BCUT2D eigenvalue weighted by Crippen LogP contribution is 2.65. The Labute approximate surface area is 134 Å². The van der Waals surface area contributed by atoms with Crippen LogP contribution >= 0.6 is 0 Å². The largest absolute Gasteiger partial charge is 0.295 e. The van der Waals surface area contributed by atoms with E-state index in [0.29, 0.717) is 23.1 Å². The number of amides is 2. The normalized spacial score (nSPS) is 39.4. The van der Waals surface area contributed by atoms with Gasteiger partial charge in [0.25, 0.3) is 0 Å². The number of hydrogen-bond donors (Lipinski definition) is 0. The minimum absolute atomic E-state index is 0.0636. The summed E-state index contributed by atoms with van der Waals surface area (Å²) in [6, 6.07) is 6.85. The van der Waals surface area contributed by atoms with Crippen LogP contribution in [-0.2, 0) is 9.59 Å². The lowest BCUT2D eigenvalue weighted by atomic mass is 9.63. The summed E-state index contributed by atoms with van der Waals surface area (Å²) < 4.78 is 0. The van der Waals surface area contributed by atoms with Crippen LogP contribution < -0.4 is 4.90 Å². The summed E-state index contributed by atoms with van der Waals surface area (Å²) in [4.78, 5) is 38.9. The molecule has 2 amide bonds. The van der Waals surface area contributed by atoms with E-state index in [1.165, 1.54) is 11.8 Å². The lowest BCUT2D eigenvalue weighted by molar-refractivity contribution is -0.124. The quantitative estimate of drug-likeness (QED) is 0.479. The van der Waals surface area contributed by atoms with E-state index in [2.05, 4.69) is 12.2 Å². The van der Waals surface area contributed by atoms with Crippen molar-refractivity contribution < 1.29 is 14.4 Å². The third-order valence-electron chi connectivity index (χ3n) is 6.17. The third kappa shape index (κ3) is 1.58. The summed E-state index contributed by atoms with van der Waals surface area (Å²) >= 11 is 0. The van der Waals surface area contributed by atoms with Crippen LogP contribution in [0.3, 0.4) is 0 Å². The number of Topliss-reactive ketones (excluding diaryl/α,β-unsaturated/α-hetero) is 1. The molecular weight excluding hydrogens is 290 g/mol. The Morgan fingerprint density at radius 3 is 2.22 bits per heavy atom. The maximum atomic E-state index is 13.0. The summed E-state index contributed by atoms with van der Waals surface area (Å²) in [5, 5.41) is 0. The Kier molecular flexibility index (Phi) is 2.41. The Balaban J connectivity index is 1.57. The van der Waals surface area contributed by atoms with Crippen LogP contribution in [0.15, 0.2) is 36.4 Å². The zero-order chi connectivity index (χ0) is 15.9. The van der Waals surface area contributed by atoms with Crippen molar-refractivity contribution in [1.29, 1.82) is 0 Å². The van der Waals surface area contributed by atoms with Crippen LogP contribution in [-0.4, -0.2) is 17.6 Å². The van der Waals surface area contributed by atoms with Gasteiger partial charge in [0.15, 0.2) is 5.78 Å². The van der Waals surface area contributed by atoms with Gasteiger partial charge in [-0.3, -0.25) is 14.4 Å². The predicted molar refractivity (Wildman–Crippen MR) is 83.6 cm³/mol. The molecule has 1 saturated heterocycles. The molecule has 4 heteroatoms. The molecular formula is C19H17NO3. The number of nitrogens with zero attached hydrogens (tertiary/aromatic N) is 1. The topological polar surface area (TPSA) is 54.5 Å². The molecule has 1 aromatic carbocycles. The lowest BCUT2D eigenvalue weighted by Gasteiger charge is -2.37. The molecule has 0 aromatic heterocycles. The molecule has 4 aliphatic carbocycles. The first-order valence-electron chi connectivity index (χ1n) is 8.25. The van der Waals surface area contributed by atoms with E-state index < -0.39 is 0 Å². The second-order valence-electron chi connectivity index (χ2n) is 7.27. The molecule has 0 radical (unpaired) electrons. The number of anilines is 1. The highest BCUT2D eigenvalue weighted by Gasteiger charge is 2.67. The number of benzene rings is 1. The van der Waals surface area contributed by atoms with Gasteiger partial charge >= 0.3 is 0 Å². The summed E-state index contributed by atoms with van der Waals surface area (Å²) in [6.07, 6.45) is 5.50. The minimum Gasteiger partial charge on any atom is -0.295 e. The average Bonchev–Trinajstić information content (AvgIpc) is 3.32. The van der Waals surface area contributed by atoms with Crippen LogP contribution in [0, 0.1) is 35.5 Å². The third-order valence-corrected chi connectivity index (χ3v) is 6.17. The van der Waals surface area contributed by atoms with Gasteiger partial charge in [-0.2, -0.15) is 0 Å². The zero-order valence-electron chi connectivity index (χ0n) is 12.8. The van der Waals surface area contributed by atoms with Gasteiger partial charge in [0.2, 0.25) is 11.8 Å². The van der Waals surface area contributed by atoms with Gasteiger partial charge in [0, 0.05) is 5.56 Å². The standard InChI is InChI=1S/C19H17NO3/c1-9(21)10-3-2-4-11(7-10)20-18(22)16-12-5-6-13(15-8-14(12)15)17(16)19(20)23/h2-7,12-17H,8H2,1H3/t12-,13-,14+,15+,16-,17+/m1/s1. The average molecular weight is 307 g/mol. The van der Waals surface area contributed by atoms with Crippen molar-refractivity contribution in [2.45, 2.75) is 13.3 Å². The van der Waals surface area contributed by atoms with Crippen molar-refractivity contribution in [2.75, 3.05) is 4.90 Å². The molecule has 1 aliphatic heterocycles. The molecule has 0 spiro atoms. The molecule has 2 bridgehead atoms. The SMILES string of the molecule is CC(=O)c1cccc(N2C(=O)[C@@H]3[C@@H]4C=C[C@H]([C@@H]5C[C@@H]45)[C@@H]3C2=O)c1. The van der Waals surface area contributed by atoms with Crippen LogP contribution in [0.2, 0.25) is 0 Å². The van der Waals surface area contributed by atoms with Gasteiger partial charge in [-0.25, -0.2) is 4.90 Å². The summed E-state index contributed by atoms with van der Waals surface area (Å²) in [5.41, 5.74) is 1.07. The van der Waals surface area contributed by atoms with E-state index in [-0.39, 0.29) is 41.3 Å². The maximum absolute atomic E-state index is 13.0. The molecule has 2 saturated carbocycles. The molecule has 0 N–H and O–H groups in total. The van der Waals surface area contributed by atoms with Crippen molar-refractivity contribution in [3.8, 4) is 0 Å². The second kappa shape index (κ2) is 4.19. The number of hydrogen-bond acceptors (Lipinski definition) is 3. The van der Waals surface area contributed by atoms with Gasteiger partial charge in [-0.15, -0.1) is 0 Å². The van der Waals surface area contributed by atoms with Gasteiger partial charge in [-0.1, -0.05) is 24.3 Å². The monoisotopic (exact) mass is 307 g/mol. The molecule has 6 atom stereocenters. The van der Waals surface area contributed by atoms with E-state index in [4.69, 9.17) is 0 Å². The molecule has 1 heterocycles. The zero-order valence-corrected chi connectivity index (χ0v) is 12.8. The summed E-state index contributed by atoms with van der Waals surface area (Å²) in [7, 11) is 0. The van der Waals surface area contributed by atoms with Gasteiger partial charge in [0.1, 0.15) is 0 Å². The van der Waals surface area contributed by atoms with Crippen LogP contribution in [0.25, 0.3) is 0 Å². The smallest absolute Gasteiger partial charge is 0.238 e. The van der Waals surface area contributed by atoms with E-state index >= 15 is 0 Å². The second-order valence-corrected chi connectivity index (χ2v) is 7.27. The molecule has 0 unspecified atom stereocenters. The Morgan fingerprint density at radius 2 is 1.65 bits per heavy atom. The molecule has 5 aliphatic rings. The molecule has 3 fully saturated rings. The number of carbonyl (C=O) groups is 3. The fourth-order valence-electron chi connectivity index (χ4n) is 5.08. The van der Waals surface area contributed by atoms with Crippen LogP contribution in [0.1, 0.15) is 23.7 Å². The highest BCUT2D eigenvalue weighted by molar-refractivity contribution is 6.23. The van der Waals surface area contributed by atoms with Crippen molar-refractivity contribution in [3.05, 3.63) is 42.0 Å². The molecule has 4 nitrogen and oxygen atoms in total. The molecule has 23 heavy (non-hydrogen) atoms. The number of rotatable bonds is 2. The molecule has 6 rings (SSSR count). The predicted octanol–water partition coefficient (Wildman–Crippen LogP) is 2.45. The maximum Gasteiger partial charge on any atom is 0.238 e. The number of imide groups is 1. The lowest BCUT2D eigenvalue weighted by Crippen LogP contribution is -2.40. The van der Waals surface area contributed by atoms with Crippen LogP contribution in [0.5, 0.6) is 0 Å². The first kappa shape index (κ1) is 13.2. The number of ketones is 1. The van der Waals surface area contributed by atoms with Crippen LogP contribution in [0.4, 0.5) is 5.69 Å². The fraction of sp³-hybridized carbons (Fsp3) is 0.421. The Bertz CT molecular complexity index is 760. The number of carbonyl (C=O) groups excluding carboxylic acids is 3. The van der Waals surface area contributed by atoms with E-state index in [1.807, 2.05) is 0 Å².